The van der Waals surface area contributed by atoms with Crippen molar-refractivity contribution in [2.75, 3.05) is 13.9 Å². The highest BCUT2D eigenvalue weighted by Gasteiger charge is 2.29. The largest absolute Gasteiger partial charge is 0.508 e. The Morgan fingerprint density at radius 2 is 1.64 bits per heavy atom. The van der Waals surface area contributed by atoms with Crippen LogP contribution >= 0.6 is 0 Å². The first-order valence-electron chi connectivity index (χ1n) is 12.5. The zero-order chi connectivity index (χ0) is 31.7. The van der Waals surface area contributed by atoms with Gasteiger partial charge in [0.15, 0.2) is 17.2 Å². The minimum atomic E-state index is -4.33. The van der Waals surface area contributed by atoms with Gasteiger partial charge in [-0.05, 0) is 36.8 Å². The number of esters is 2. The lowest BCUT2D eigenvalue weighted by atomic mass is 10.1. The van der Waals surface area contributed by atoms with E-state index in [0.29, 0.717) is 6.42 Å². The molecule has 2 aromatic carbocycles. The number of benzene rings is 2. The van der Waals surface area contributed by atoms with Crippen LogP contribution in [0.15, 0.2) is 66.9 Å². The van der Waals surface area contributed by atoms with E-state index in [0.717, 1.165) is 30.7 Å². The summed E-state index contributed by atoms with van der Waals surface area (Å²) in [5.74, 6) is -1.24. The van der Waals surface area contributed by atoms with Crippen molar-refractivity contribution in [2.45, 2.75) is 45.9 Å². The number of amides is 1. The molecule has 42 heavy (non-hydrogen) atoms. The van der Waals surface area contributed by atoms with E-state index in [9.17, 15) is 27.6 Å². The Hall–Kier alpha value is -4.81. The number of ether oxygens (including phenoxy) is 4. The number of nitrogens with zero attached hydrogens (tertiary/aromatic N) is 1. The molecule has 1 heterocycles. The number of carbonyl (C=O) groups is 3. The van der Waals surface area contributed by atoms with Gasteiger partial charge in [0.25, 0.3) is 5.91 Å². The molecule has 0 aliphatic carbocycles. The highest BCUT2D eigenvalue weighted by atomic mass is 19.4. The molecular formula is C29H33F3N2O8. The summed E-state index contributed by atoms with van der Waals surface area (Å²) in [4.78, 5) is 36.4. The van der Waals surface area contributed by atoms with Crippen LogP contribution in [0.5, 0.6) is 17.2 Å². The monoisotopic (exact) mass is 594 g/mol. The third-order valence-corrected chi connectivity index (χ3v) is 4.97. The van der Waals surface area contributed by atoms with Crippen molar-refractivity contribution < 1.29 is 51.6 Å². The fraction of sp³-hybridized carbons (Fsp3) is 0.310. The number of pyridine rings is 1. The van der Waals surface area contributed by atoms with Crippen LogP contribution in [0, 0.1) is 0 Å². The number of aromatic nitrogens is 1. The van der Waals surface area contributed by atoms with E-state index < -0.39 is 23.6 Å². The molecule has 0 aliphatic rings. The Morgan fingerprint density at radius 1 is 1.02 bits per heavy atom. The molecule has 1 atom stereocenters. The van der Waals surface area contributed by atoms with Crippen molar-refractivity contribution in [3.8, 4) is 17.2 Å². The van der Waals surface area contributed by atoms with Crippen LogP contribution in [0.3, 0.4) is 0 Å². The highest BCUT2D eigenvalue weighted by molar-refractivity contribution is 5.94. The van der Waals surface area contributed by atoms with Crippen LogP contribution < -0.4 is 15.2 Å². The van der Waals surface area contributed by atoms with E-state index in [1.165, 1.54) is 31.9 Å². The SMILES string of the molecule is CCC(=O)OC(C)Cc1ccccc1.COc1ccnc(C(N)=O)c1OCOC(C)=O.Oc1ccc(C(F)(F)F)cc1. The molecule has 13 heteroatoms. The maximum Gasteiger partial charge on any atom is 0.416 e. The summed E-state index contributed by atoms with van der Waals surface area (Å²) in [5.41, 5.74) is 5.48. The Morgan fingerprint density at radius 3 is 2.14 bits per heavy atom. The zero-order valence-corrected chi connectivity index (χ0v) is 23.5. The van der Waals surface area contributed by atoms with Gasteiger partial charge in [-0.2, -0.15) is 13.2 Å². The summed E-state index contributed by atoms with van der Waals surface area (Å²) in [5, 5.41) is 8.66. The van der Waals surface area contributed by atoms with Crippen LogP contribution in [-0.2, 0) is 31.7 Å². The third kappa shape index (κ3) is 13.5. The van der Waals surface area contributed by atoms with E-state index in [1.54, 1.807) is 6.92 Å². The number of hydrogen-bond acceptors (Lipinski definition) is 9. The molecule has 1 aromatic heterocycles. The number of primary amides is 1. The van der Waals surface area contributed by atoms with Crippen LogP contribution in [0.25, 0.3) is 0 Å². The molecule has 1 amide bonds. The third-order valence-electron chi connectivity index (χ3n) is 4.97. The lowest BCUT2D eigenvalue weighted by molar-refractivity contribution is -0.148. The smallest absolute Gasteiger partial charge is 0.416 e. The standard InChI is InChI=1S/C12H16O2.C10H12N2O5.C7H5F3O/c1-3-12(13)14-10(2)9-11-7-5-4-6-8-11;1-6(13)16-5-17-9-7(15-2)3-4-12-8(9)10(11)14;8-7(9,10)5-1-3-6(11)4-2-5/h4-8,10H,3,9H2,1-2H3;3-4H,5H2,1-2H3,(H2,11,14);1-4,11H. The minimum absolute atomic E-state index is 0.0372. The number of nitrogens with two attached hydrogens (primary N) is 1. The van der Waals surface area contributed by atoms with E-state index in [4.69, 9.17) is 25.1 Å². The van der Waals surface area contributed by atoms with Gasteiger partial charge >= 0.3 is 18.1 Å². The molecule has 228 valence electrons. The second kappa shape index (κ2) is 17.8. The number of hydrogen-bond donors (Lipinski definition) is 2. The normalized spacial score (nSPS) is 10.9. The molecule has 0 aliphatic heterocycles. The number of alkyl halides is 3. The summed E-state index contributed by atoms with van der Waals surface area (Å²) < 4.78 is 55.3. The maximum absolute atomic E-state index is 11.8. The molecule has 3 aromatic rings. The molecule has 1 unspecified atom stereocenters. The zero-order valence-electron chi connectivity index (χ0n) is 23.5. The van der Waals surface area contributed by atoms with Gasteiger partial charge in [0.05, 0.1) is 12.7 Å². The van der Waals surface area contributed by atoms with Gasteiger partial charge in [0, 0.05) is 32.0 Å². The minimum Gasteiger partial charge on any atom is -0.508 e. The van der Waals surface area contributed by atoms with E-state index >= 15 is 0 Å². The Balaban J connectivity index is 0.000000322. The first-order valence-corrected chi connectivity index (χ1v) is 12.5. The highest BCUT2D eigenvalue weighted by Crippen LogP contribution is 2.30. The summed E-state index contributed by atoms with van der Waals surface area (Å²) >= 11 is 0. The number of aromatic hydroxyl groups is 1. The van der Waals surface area contributed by atoms with Crippen LogP contribution in [0.2, 0.25) is 0 Å². The number of halogens is 3. The maximum atomic E-state index is 11.8. The molecule has 3 rings (SSSR count). The fourth-order valence-electron chi connectivity index (χ4n) is 3.02. The second-order valence-corrected chi connectivity index (χ2v) is 8.34. The summed E-state index contributed by atoms with van der Waals surface area (Å²) in [6, 6.07) is 15.2. The average molecular weight is 595 g/mol. The van der Waals surface area contributed by atoms with Gasteiger partial charge in [-0.15, -0.1) is 0 Å². The summed E-state index contributed by atoms with van der Waals surface area (Å²) in [6.45, 7) is 4.61. The topological polar surface area (TPSA) is 147 Å². The lowest BCUT2D eigenvalue weighted by Crippen LogP contribution is -2.17. The first kappa shape index (κ1) is 35.2. The van der Waals surface area contributed by atoms with Gasteiger partial charge in [-0.1, -0.05) is 37.3 Å². The lowest BCUT2D eigenvalue weighted by Gasteiger charge is -2.12. The van der Waals surface area contributed by atoms with Crippen molar-refractivity contribution in [3.05, 3.63) is 83.7 Å². The molecule has 0 saturated carbocycles. The predicted octanol–water partition coefficient (Wildman–Crippen LogP) is 5.07. The Kier molecular flexibility index (Phi) is 14.9. The molecule has 10 nitrogen and oxygen atoms in total. The first-order chi connectivity index (χ1) is 19.8. The molecular weight excluding hydrogens is 561 g/mol. The van der Waals surface area contributed by atoms with Crippen LogP contribution in [0.1, 0.15) is 48.8 Å². The number of rotatable bonds is 9. The van der Waals surface area contributed by atoms with Gasteiger partial charge < -0.3 is 29.8 Å². The quantitative estimate of drug-likeness (QED) is 0.256. The van der Waals surface area contributed by atoms with Gasteiger partial charge in [0.1, 0.15) is 11.9 Å². The molecule has 0 fully saturated rings. The van der Waals surface area contributed by atoms with Crippen molar-refractivity contribution in [2.24, 2.45) is 5.73 Å². The fourth-order valence-corrected chi connectivity index (χ4v) is 3.02. The van der Waals surface area contributed by atoms with Crippen molar-refractivity contribution in [1.29, 1.82) is 0 Å². The molecule has 3 N–H and O–H groups in total. The van der Waals surface area contributed by atoms with E-state index in [2.05, 4.69) is 9.72 Å². The number of methoxy groups -OCH3 is 1. The Bertz CT molecular complexity index is 1270. The van der Waals surface area contributed by atoms with E-state index in [1.807, 2.05) is 37.3 Å². The van der Waals surface area contributed by atoms with E-state index in [-0.39, 0.29) is 41.8 Å². The molecule has 0 bridgehead atoms. The van der Waals surface area contributed by atoms with Crippen LogP contribution in [-0.4, -0.2) is 47.9 Å². The Labute approximate surface area is 241 Å². The van der Waals surface area contributed by atoms with Crippen molar-refractivity contribution in [1.82, 2.24) is 4.98 Å². The van der Waals surface area contributed by atoms with Gasteiger partial charge in [-0.3, -0.25) is 14.4 Å². The number of phenolic OH excluding ortho intramolecular Hbond substituents is 1. The van der Waals surface area contributed by atoms with Crippen molar-refractivity contribution in [3.63, 3.8) is 0 Å². The second-order valence-electron chi connectivity index (χ2n) is 8.34. The van der Waals surface area contributed by atoms with Gasteiger partial charge in [-0.25, -0.2) is 4.98 Å². The molecule has 0 spiro atoms. The summed E-state index contributed by atoms with van der Waals surface area (Å²) in [6.07, 6.45) is -1.78. The van der Waals surface area contributed by atoms with Gasteiger partial charge in [0.2, 0.25) is 6.79 Å². The van der Waals surface area contributed by atoms with Crippen molar-refractivity contribution >= 4 is 17.8 Å². The summed E-state index contributed by atoms with van der Waals surface area (Å²) in [7, 11) is 1.40. The molecule has 0 radical (unpaired) electrons. The molecule has 0 saturated heterocycles. The number of carbonyl (C=O) groups excluding carboxylic acids is 3. The van der Waals surface area contributed by atoms with Crippen LogP contribution in [0.4, 0.5) is 13.2 Å². The average Bonchev–Trinajstić information content (AvgIpc) is 2.93. The number of phenols is 1. The predicted molar refractivity (Wildman–Crippen MR) is 146 cm³/mol.